The van der Waals surface area contributed by atoms with Crippen molar-refractivity contribution in [2.75, 3.05) is 5.32 Å². The van der Waals surface area contributed by atoms with Crippen LogP contribution in [-0.2, 0) is 4.74 Å². The lowest BCUT2D eigenvalue weighted by atomic mass is 9.98. The molecule has 1 aromatic carbocycles. The minimum atomic E-state index is -4.76. The van der Waals surface area contributed by atoms with Gasteiger partial charge in [-0.2, -0.15) is 0 Å². The van der Waals surface area contributed by atoms with Crippen molar-refractivity contribution in [2.45, 2.75) is 76.5 Å². The quantitative estimate of drug-likeness (QED) is 0.734. The van der Waals surface area contributed by atoms with E-state index in [2.05, 4.69) is 15.4 Å². The van der Waals surface area contributed by atoms with Crippen molar-refractivity contribution in [3.05, 3.63) is 24.3 Å². The van der Waals surface area contributed by atoms with Gasteiger partial charge in [-0.05, 0) is 70.7 Å². The van der Waals surface area contributed by atoms with E-state index in [4.69, 9.17) is 4.74 Å². The number of fused-ring (bicyclic) bond motifs is 2. The molecule has 2 fully saturated rings. The number of carbonyl (C=O) groups is 2. The third-order valence-electron chi connectivity index (χ3n) is 5.02. The molecule has 2 aliphatic heterocycles. The number of nitrogens with one attached hydrogen (secondary N) is 2. The highest BCUT2D eigenvalue weighted by molar-refractivity contribution is 5.89. The largest absolute Gasteiger partial charge is 0.573 e. The monoisotopic (exact) mass is 429 g/mol. The van der Waals surface area contributed by atoms with Gasteiger partial charge in [-0.25, -0.2) is 9.59 Å². The van der Waals surface area contributed by atoms with Crippen LogP contribution in [0.3, 0.4) is 0 Å². The van der Waals surface area contributed by atoms with Crippen LogP contribution in [0.4, 0.5) is 28.4 Å². The fourth-order valence-electron chi connectivity index (χ4n) is 4.00. The van der Waals surface area contributed by atoms with Crippen LogP contribution in [0.25, 0.3) is 0 Å². The van der Waals surface area contributed by atoms with Crippen molar-refractivity contribution >= 4 is 17.8 Å². The van der Waals surface area contributed by atoms with E-state index in [1.165, 1.54) is 12.1 Å². The van der Waals surface area contributed by atoms with Crippen molar-refractivity contribution in [1.29, 1.82) is 0 Å². The van der Waals surface area contributed by atoms with Gasteiger partial charge in [0.15, 0.2) is 0 Å². The fraction of sp³-hybridized carbons (Fsp3) is 0.600. The maximum absolute atomic E-state index is 12.5. The van der Waals surface area contributed by atoms with Crippen LogP contribution in [0.15, 0.2) is 24.3 Å². The number of alkyl halides is 3. The number of rotatable bonds is 3. The zero-order valence-electron chi connectivity index (χ0n) is 17.1. The lowest BCUT2D eigenvalue weighted by molar-refractivity contribution is -0.274. The zero-order chi connectivity index (χ0) is 22.1. The van der Waals surface area contributed by atoms with Gasteiger partial charge in [0, 0.05) is 23.8 Å². The summed E-state index contributed by atoms with van der Waals surface area (Å²) in [6.45, 7) is 5.48. The Hall–Kier alpha value is -2.65. The number of carbonyl (C=O) groups excluding carboxylic acids is 2. The topological polar surface area (TPSA) is 79.9 Å². The normalized spacial score (nSPS) is 23.7. The molecular weight excluding hydrogens is 403 g/mol. The summed E-state index contributed by atoms with van der Waals surface area (Å²) in [7, 11) is 0. The molecule has 0 aromatic heterocycles. The number of halogens is 3. The number of hydrogen-bond acceptors (Lipinski definition) is 4. The van der Waals surface area contributed by atoms with Gasteiger partial charge in [0.05, 0.1) is 0 Å². The molecular formula is C20H26F3N3O4. The van der Waals surface area contributed by atoms with Crippen LogP contribution in [-0.4, -0.2) is 47.1 Å². The smallest absolute Gasteiger partial charge is 0.444 e. The summed E-state index contributed by atoms with van der Waals surface area (Å²) in [5.74, 6) is -0.362. The van der Waals surface area contributed by atoms with Crippen LogP contribution < -0.4 is 15.4 Å². The van der Waals surface area contributed by atoms with Crippen molar-refractivity contribution in [1.82, 2.24) is 10.2 Å². The number of anilines is 1. The molecule has 7 nitrogen and oxygen atoms in total. The van der Waals surface area contributed by atoms with Gasteiger partial charge in [-0.15, -0.1) is 13.2 Å². The first-order valence-electron chi connectivity index (χ1n) is 9.84. The first-order chi connectivity index (χ1) is 13.9. The van der Waals surface area contributed by atoms with E-state index in [-0.39, 0.29) is 30.0 Å². The molecule has 3 rings (SSSR count). The maximum Gasteiger partial charge on any atom is 0.573 e. The summed E-state index contributed by atoms with van der Waals surface area (Å²) >= 11 is 0. The van der Waals surface area contributed by atoms with Crippen LogP contribution >= 0.6 is 0 Å². The molecule has 2 saturated heterocycles. The Bertz CT molecular complexity index is 763. The molecule has 0 saturated carbocycles. The van der Waals surface area contributed by atoms with Crippen molar-refractivity contribution < 1.29 is 32.2 Å². The molecule has 2 bridgehead atoms. The number of benzene rings is 1. The van der Waals surface area contributed by atoms with Gasteiger partial charge < -0.3 is 25.0 Å². The van der Waals surface area contributed by atoms with E-state index in [9.17, 15) is 22.8 Å². The number of nitrogens with zero attached hydrogens (tertiary/aromatic N) is 1. The van der Waals surface area contributed by atoms with Crippen molar-refractivity contribution in [3.63, 3.8) is 0 Å². The summed E-state index contributed by atoms with van der Waals surface area (Å²) in [5, 5.41) is 5.49. The summed E-state index contributed by atoms with van der Waals surface area (Å²) in [6, 6.07) is 4.39. The third kappa shape index (κ3) is 5.93. The molecule has 166 valence electrons. The first-order valence-corrected chi connectivity index (χ1v) is 9.84. The Kier molecular flexibility index (Phi) is 6.05. The second-order valence-electron chi connectivity index (χ2n) is 8.61. The number of amides is 3. The molecule has 3 amide bonds. The van der Waals surface area contributed by atoms with E-state index in [0.29, 0.717) is 18.5 Å². The predicted molar refractivity (Wildman–Crippen MR) is 103 cm³/mol. The summed E-state index contributed by atoms with van der Waals surface area (Å²) < 4.78 is 45.9. The molecule has 0 spiro atoms. The van der Waals surface area contributed by atoms with E-state index < -0.39 is 18.0 Å². The standard InChI is InChI=1S/C20H26F3N3O4/c1-19(2,3)30-18(28)26-14-6-7-15(26)11-13(10-14)25-17(27)24-12-4-8-16(9-5-12)29-20(21,22)23/h4-5,8-9,13-15H,6-7,10-11H2,1-3H3,(H2,24,25,27)/t13?,14-,15+. The van der Waals surface area contributed by atoms with Crippen molar-refractivity contribution in [3.8, 4) is 5.75 Å². The molecule has 2 heterocycles. The number of urea groups is 1. The van der Waals surface area contributed by atoms with Crippen LogP contribution in [0, 0.1) is 0 Å². The number of hydrogen-bond donors (Lipinski definition) is 2. The lowest BCUT2D eigenvalue weighted by Gasteiger charge is -2.39. The van der Waals surface area contributed by atoms with Crippen LogP contribution in [0.5, 0.6) is 5.75 Å². The van der Waals surface area contributed by atoms with Gasteiger partial charge in [0.2, 0.25) is 0 Å². The van der Waals surface area contributed by atoms with E-state index >= 15 is 0 Å². The lowest BCUT2D eigenvalue weighted by Crippen LogP contribution is -2.53. The van der Waals surface area contributed by atoms with Gasteiger partial charge >= 0.3 is 18.5 Å². The molecule has 1 unspecified atom stereocenters. The zero-order valence-corrected chi connectivity index (χ0v) is 17.1. The SMILES string of the molecule is CC(C)(C)OC(=O)N1[C@@H]2CC[C@H]1CC(NC(=O)Nc1ccc(OC(F)(F)F)cc1)C2. The van der Waals surface area contributed by atoms with Gasteiger partial charge in [-0.3, -0.25) is 0 Å². The molecule has 30 heavy (non-hydrogen) atoms. The summed E-state index contributed by atoms with van der Waals surface area (Å²) in [5.41, 5.74) is -0.220. The molecule has 10 heteroatoms. The van der Waals surface area contributed by atoms with Gasteiger partial charge in [0.25, 0.3) is 0 Å². The van der Waals surface area contributed by atoms with Gasteiger partial charge in [0.1, 0.15) is 11.4 Å². The second-order valence-corrected chi connectivity index (χ2v) is 8.61. The molecule has 0 radical (unpaired) electrons. The highest BCUT2D eigenvalue weighted by Gasteiger charge is 2.45. The Morgan fingerprint density at radius 3 is 2.10 bits per heavy atom. The average Bonchev–Trinajstić information content (AvgIpc) is 2.85. The first kappa shape index (κ1) is 22.0. The third-order valence-corrected chi connectivity index (χ3v) is 5.02. The average molecular weight is 429 g/mol. The Morgan fingerprint density at radius 2 is 1.60 bits per heavy atom. The highest BCUT2D eigenvalue weighted by atomic mass is 19.4. The number of ether oxygens (including phenoxy) is 2. The number of piperidine rings is 1. The summed E-state index contributed by atoms with van der Waals surface area (Å²) in [6.07, 6.45) is -2.10. The second kappa shape index (κ2) is 8.23. The van der Waals surface area contributed by atoms with E-state index in [0.717, 1.165) is 25.0 Å². The maximum atomic E-state index is 12.5. The Labute approximate surface area is 172 Å². The predicted octanol–water partition coefficient (Wildman–Crippen LogP) is 4.64. The van der Waals surface area contributed by atoms with Crippen molar-refractivity contribution in [2.24, 2.45) is 0 Å². The van der Waals surface area contributed by atoms with Crippen LogP contribution in [0.1, 0.15) is 46.5 Å². The van der Waals surface area contributed by atoms with E-state index in [1.54, 1.807) is 4.90 Å². The molecule has 2 N–H and O–H groups in total. The Balaban J connectivity index is 1.51. The molecule has 2 aliphatic rings. The molecule has 1 aromatic rings. The van der Waals surface area contributed by atoms with E-state index in [1.807, 2.05) is 20.8 Å². The van der Waals surface area contributed by atoms with Gasteiger partial charge in [-0.1, -0.05) is 0 Å². The Morgan fingerprint density at radius 1 is 1.03 bits per heavy atom. The minimum Gasteiger partial charge on any atom is -0.444 e. The fourth-order valence-corrected chi connectivity index (χ4v) is 4.00. The van der Waals surface area contributed by atoms with Crippen LogP contribution in [0.2, 0.25) is 0 Å². The highest BCUT2D eigenvalue weighted by Crippen LogP contribution is 2.37. The molecule has 3 atom stereocenters. The summed E-state index contributed by atoms with van der Waals surface area (Å²) in [4.78, 5) is 26.6. The molecule has 0 aliphatic carbocycles. The minimum absolute atomic E-state index is 0.0164.